The number of ether oxygens (including phenoxy) is 5. The van der Waals surface area contributed by atoms with Crippen molar-refractivity contribution in [1.29, 1.82) is 0 Å². The molecule has 0 aromatic heterocycles. The molecule has 5 unspecified atom stereocenters. The van der Waals surface area contributed by atoms with Gasteiger partial charge in [0, 0.05) is 0 Å². The summed E-state index contributed by atoms with van der Waals surface area (Å²) in [4.78, 5) is 24.2. The normalized spacial score (nSPS) is 39.3. The second-order valence-corrected chi connectivity index (χ2v) is 7.03. The molecular formula is C15H22O7. The summed E-state index contributed by atoms with van der Waals surface area (Å²) in [5.41, 5.74) is -0.619. The van der Waals surface area contributed by atoms with Gasteiger partial charge in [-0.1, -0.05) is 6.92 Å². The minimum atomic E-state index is -0.896. The van der Waals surface area contributed by atoms with Gasteiger partial charge in [-0.3, -0.25) is 4.79 Å². The standard InChI is InChI=1S/C15H22O7/c1-6-14(2,3)13(17)19-7-8-9-11(16)20-12(18-9)10(7)22-15(4,5)21-8/h7-10,12H,6H2,1-5H3. The predicted molar refractivity (Wildman–Crippen MR) is 72.5 cm³/mol. The van der Waals surface area contributed by atoms with Gasteiger partial charge in [-0.25, -0.2) is 4.79 Å². The Balaban J connectivity index is 1.86. The maximum absolute atomic E-state index is 12.4. The van der Waals surface area contributed by atoms with Crippen LogP contribution in [0.3, 0.4) is 0 Å². The van der Waals surface area contributed by atoms with E-state index < -0.39 is 47.9 Å². The highest BCUT2D eigenvalue weighted by Crippen LogP contribution is 2.42. The molecule has 0 aromatic rings. The number of hydrogen-bond acceptors (Lipinski definition) is 7. The molecule has 0 amide bonds. The molecule has 22 heavy (non-hydrogen) atoms. The molecule has 4 bridgehead atoms. The van der Waals surface area contributed by atoms with E-state index in [1.54, 1.807) is 13.8 Å². The van der Waals surface area contributed by atoms with Crippen LogP contribution in [0, 0.1) is 5.41 Å². The lowest BCUT2D eigenvalue weighted by atomic mass is 9.90. The van der Waals surface area contributed by atoms with E-state index >= 15 is 0 Å². The number of fused-ring (bicyclic) bond motifs is 6. The van der Waals surface area contributed by atoms with Crippen LogP contribution in [0.1, 0.15) is 41.0 Å². The third kappa shape index (κ3) is 2.41. The first-order valence-electron chi connectivity index (χ1n) is 7.57. The van der Waals surface area contributed by atoms with Crippen LogP contribution in [0.4, 0.5) is 0 Å². The van der Waals surface area contributed by atoms with Gasteiger partial charge in [-0.2, -0.15) is 0 Å². The quantitative estimate of drug-likeness (QED) is 0.722. The highest BCUT2D eigenvalue weighted by atomic mass is 16.8. The van der Waals surface area contributed by atoms with Gasteiger partial charge in [-0.15, -0.1) is 0 Å². The Morgan fingerprint density at radius 3 is 2.55 bits per heavy atom. The van der Waals surface area contributed by atoms with Crippen molar-refractivity contribution >= 4 is 11.9 Å². The summed E-state index contributed by atoms with van der Waals surface area (Å²) in [6, 6.07) is 0. The summed E-state index contributed by atoms with van der Waals surface area (Å²) >= 11 is 0. The first-order valence-corrected chi connectivity index (χ1v) is 7.57. The summed E-state index contributed by atoms with van der Waals surface area (Å²) in [5.74, 6) is -1.75. The fraction of sp³-hybridized carbons (Fsp3) is 0.867. The Labute approximate surface area is 129 Å². The average molecular weight is 314 g/mol. The second kappa shape index (κ2) is 4.91. The zero-order valence-electron chi connectivity index (χ0n) is 13.5. The van der Waals surface area contributed by atoms with Crippen molar-refractivity contribution in [2.75, 3.05) is 0 Å². The van der Waals surface area contributed by atoms with Gasteiger partial charge >= 0.3 is 11.9 Å². The molecule has 0 N–H and O–H groups in total. The number of carbonyl (C=O) groups is 2. The maximum atomic E-state index is 12.4. The summed E-state index contributed by atoms with van der Waals surface area (Å²) in [6.07, 6.45) is -3.24. The van der Waals surface area contributed by atoms with Crippen LogP contribution in [0.5, 0.6) is 0 Å². The molecule has 3 heterocycles. The van der Waals surface area contributed by atoms with Crippen molar-refractivity contribution in [2.45, 2.75) is 77.5 Å². The lowest BCUT2D eigenvalue weighted by Crippen LogP contribution is -2.66. The first-order chi connectivity index (χ1) is 10.1. The van der Waals surface area contributed by atoms with Crippen molar-refractivity contribution in [2.24, 2.45) is 5.41 Å². The van der Waals surface area contributed by atoms with E-state index in [4.69, 9.17) is 23.7 Å². The van der Waals surface area contributed by atoms with E-state index in [1.165, 1.54) is 0 Å². The zero-order valence-corrected chi connectivity index (χ0v) is 13.5. The van der Waals surface area contributed by atoms with Crippen LogP contribution in [-0.2, 0) is 33.3 Å². The second-order valence-electron chi connectivity index (χ2n) is 7.03. The molecule has 124 valence electrons. The van der Waals surface area contributed by atoms with Crippen LogP contribution < -0.4 is 0 Å². The number of hydrogen-bond donors (Lipinski definition) is 0. The van der Waals surface area contributed by atoms with Crippen LogP contribution >= 0.6 is 0 Å². The summed E-state index contributed by atoms with van der Waals surface area (Å²) in [5, 5.41) is 0. The Kier molecular flexibility index (Phi) is 3.50. The van der Waals surface area contributed by atoms with Crippen molar-refractivity contribution in [3.05, 3.63) is 0 Å². The summed E-state index contributed by atoms with van der Waals surface area (Å²) in [6.45, 7) is 9.03. The predicted octanol–water partition coefficient (Wildman–Crippen LogP) is 1.14. The van der Waals surface area contributed by atoms with Crippen LogP contribution in [0.25, 0.3) is 0 Å². The molecule has 3 aliphatic rings. The molecule has 7 heteroatoms. The third-order valence-corrected chi connectivity index (χ3v) is 4.48. The highest BCUT2D eigenvalue weighted by molar-refractivity contribution is 5.79. The van der Waals surface area contributed by atoms with E-state index in [-0.39, 0.29) is 5.97 Å². The van der Waals surface area contributed by atoms with Gasteiger partial charge in [0.1, 0.15) is 6.10 Å². The zero-order chi connectivity index (χ0) is 16.3. The molecule has 5 atom stereocenters. The molecule has 0 spiro atoms. The Bertz CT molecular complexity index is 498. The highest BCUT2D eigenvalue weighted by Gasteiger charge is 2.63. The Hall–Kier alpha value is -1.18. The van der Waals surface area contributed by atoms with Crippen LogP contribution in [0.15, 0.2) is 0 Å². The Morgan fingerprint density at radius 2 is 1.91 bits per heavy atom. The van der Waals surface area contributed by atoms with Crippen molar-refractivity contribution < 1.29 is 33.3 Å². The lowest BCUT2D eigenvalue weighted by Gasteiger charge is -2.49. The molecule has 7 nitrogen and oxygen atoms in total. The minimum Gasteiger partial charge on any atom is -0.456 e. The first kappa shape index (κ1) is 15.7. The largest absolute Gasteiger partial charge is 0.456 e. The topological polar surface area (TPSA) is 80.3 Å². The molecule has 0 aliphatic carbocycles. The van der Waals surface area contributed by atoms with Crippen LogP contribution in [0.2, 0.25) is 0 Å². The van der Waals surface area contributed by atoms with Crippen molar-refractivity contribution in [3.8, 4) is 0 Å². The summed E-state index contributed by atoms with van der Waals surface area (Å²) in [7, 11) is 0. The summed E-state index contributed by atoms with van der Waals surface area (Å²) < 4.78 is 27.8. The molecule has 3 rings (SSSR count). The molecule has 0 saturated carbocycles. The van der Waals surface area contributed by atoms with Gasteiger partial charge in [0.15, 0.2) is 24.1 Å². The molecular weight excluding hydrogens is 292 g/mol. The lowest BCUT2D eigenvalue weighted by molar-refractivity contribution is -0.391. The van der Waals surface area contributed by atoms with E-state index in [2.05, 4.69) is 0 Å². The van der Waals surface area contributed by atoms with Crippen molar-refractivity contribution in [3.63, 3.8) is 0 Å². The van der Waals surface area contributed by atoms with E-state index in [9.17, 15) is 9.59 Å². The average Bonchev–Trinajstić information content (AvgIpc) is 2.78. The molecule has 3 fully saturated rings. The monoisotopic (exact) mass is 314 g/mol. The third-order valence-electron chi connectivity index (χ3n) is 4.48. The van der Waals surface area contributed by atoms with E-state index in [1.807, 2.05) is 20.8 Å². The van der Waals surface area contributed by atoms with Crippen molar-refractivity contribution in [1.82, 2.24) is 0 Å². The molecule has 0 aromatic carbocycles. The number of esters is 2. The fourth-order valence-corrected chi connectivity index (χ4v) is 2.78. The van der Waals surface area contributed by atoms with Gasteiger partial charge in [-0.05, 0) is 34.1 Å². The fourth-order valence-electron chi connectivity index (χ4n) is 2.78. The number of rotatable bonds is 3. The van der Waals surface area contributed by atoms with Gasteiger partial charge in [0.2, 0.25) is 6.29 Å². The Morgan fingerprint density at radius 1 is 1.27 bits per heavy atom. The SMILES string of the molecule is CCC(C)(C)C(=O)OC1C2OC(C)(C)OC1C1OC2OC1=O. The smallest absolute Gasteiger partial charge is 0.340 e. The molecule has 0 radical (unpaired) electrons. The van der Waals surface area contributed by atoms with E-state index in [0.717, 1.165) is 0 Å². The number of carbonyl (C=O) groups excluding carboxylic acids is 2. The van der Waals surface area contributed by atoms with Crippen LogP contribution in [-0.4, -0.2) is 48.4 Å². The minimum absolute atomic E-state index is 0.351. The van der Waals surface area contributed by atoms with Gasteiger partial charge in [0.25, 0.3) is 0 Å². The van der Waals surface area contributed by atoms with E-state index in [0.29, 0.717) is 6.42 Å². The van der Waals surface area contributed by atoms with Gasteiger partial charge < -0.3 is 23.7 Å². The molecule has 3 saturated heterocycles. The maximum Gasteiger partial charge on any atom is 0.340 e. The van der Waals surface area contributed by atoms with Gasteiger partial charge in [0.05, 0.1) is 5.41 Å². The molecule has 3 aliphatic heterocycles.